The van der Waals surface area contributed by atoms with Crippen LogP contribution in [0.4, 0.5) is 4.39 Å². The zero-order chi connectivity index (χ0) is 19.6. The first-order chi connectivity index (χ1) is 13.5. The number of aryl methyl sites for hydroxylation is 4. The van der Waals surface area contributed by atoms with Crippen LogP contribution in [0.1, 0.15) is 22.3 Å². The van der Waals surface area contributed by atoms with Crippen molar-refractivity contribution in [2.24, 2.45) is 0 Å². The largest absolute Gasteiger partial charge is 0.299 e. The van der Waals surface area contributed by atoms with Gasteiger partial charge in [0.15, 0.2) is 0 Å². The smallest absolute Gasteiger partial charge is 0.145 e. The van der Waals surface area contributed by atoms with Gasteiger partial charge in [-0.15, -0.1) is 0 Å². The van der Waals surface area contributed by atoms with E-state index in [2.05, 4.69) is 67.4 Å². The summed E-state index contributed by atoms with van der Waals surface area (Å²) in [6.45, 7) is 8.28. The Bertz CT molecular complexity index is 1390. The summed E-state index contributed by atoms with van der Waals surface area (Å²) in [5, 5.41) is 2.96. The lowest BCUT2D eigenvalue weighted by molar-refractivity contribution is 0.633. The van der Waals surface area contributed by atoms with Gasteiger partial charge in [0.05, 0.1) is 5.52 Å². The van der Waals surface area contributed by atoms with Crippen LogP contribution in [0, 0.1) is 33.5 Å². The lowest BCUT2D eigenvalue weighted by atomic mass is 9.88. The summed E-state index contributed by atoms with van der Waals surface area (Å²) in [5.74, 6) is -0.193. The number of benzene rings is 3. The molecule has 0 bridgehead atoms. The molecule has 0 saturated heterocycles. The van der Waals surface area contributed by atoms with Crippen molar-refractivity contribution in [1.82, 2.24) is 9.38 Å². The maximum Gasteiger partial charge on any atom is 0.145 e. The maximum atomic E-state index is 15.4. The molecule has 0 N–H and O–H groups in total. The second kappa shape index (κ2) is 5.90. The number of hydrogen-bond donors (Lipinski definition) is 0. The van der Waals surface area contributed by atoms with Gasteiger partial charge in [0, 0.05) is 34.1 Å². The molecule has 28 heavy (non-hydrogen) atoms. The highest BCUT2D eigenvalue weighted by atomic mass is 19.1. The molecular formula is C25H21FN2. The Labute approximate surface area is 163 Å². The maximum absolute atomic E-state index is 15.4. The summed E-state index contributed by atoms with van der Waals surface area (Å²) in [6.07, 6.45) is 3.78. The Hall–Kier alpha value is -3.20. The summed E-state index contributed by atoms with van der Waals surface area (Å²) >= 11 is 0. The first-order valence-electron chi connectivity index (χ1n) is 9.51. The molecule has 2 heterocycles. The number of nitrogens with zero attached hydrogens (tertiary/aromatic N) is 2. The topological polar surface area (TPSA) is 17.3 Å². The SMILES string of the molecule is Cc1cc(C)c(-c2c(F)ccc3c2c2cc(C)ccc2n2ccnc32)c(C)c1. The van der Waals surface area contributed by atoms with Crippen molar-refractivity contribution >= 4 is 27.3 Å². The Morgan fingerprint density at radius 1 is 0.786 bits per heavy atom. The van der Waals surface area contributed by atoms with Gasteiger partial charge in [-0.25, -0.2) is 9.37 Å². The van der Waals surface area contributed by atoms with Crippen LogP contribution in [-0.2, 0) is 0 Å². The van der Waals surface area contributed by atoms with Gasteiger partial charge in [0.25, 0.3) is 0 Å². The summed E-state index contributed by atoms with van der Waals surface area (Å²) < 4.78 is 17.5. The van der Waals surface area contributed by atoms with Crippen molar-refractivity contribution in [3.8, 4) is 11.1 Å². The van der Waals surface area contributed by atoms with Gasteiger partial charge in [-0.3, -0.25) is 4.40 Å². The second-order valence-corrected chi connectivity index (χ2v) is 7.76. The van der Waals surface area contributed by atoms with Gasteiger partial charge >= 0.3 is 0 Å². The highest BCUT2D eigenvalue weighted by molar-refractivity contribution is 6.18. The number of fused-ring (bicyclic) bond motifs is 6. The fourth-order valence-electron chi connectivity index (χ4n) is 4.62. The molecule has 0 unspecified atom stereocenters. The van der Waals surface area contributed by atoms with Gasteiger partial charge in [-0.05, 0) is 68.7 Å². The minimum Gasteiger partial charge on any atom is -0.299 e. The Balaban J connectivity index is 2.10. The molecule has 0 aliphatic heterocycles. The zero-order valence-corrected chi connectivity index (χ0v) is 16.5. The molecule has 0 radical (unpaired) electrons. The standard InChI is InChI=1S/C25H21FN2/c1-14-5-8-21-19(13-14)23-18(25-27-9-10-28(21)25)6-7-20(26)24(23)22-16(3)11-15(2)12-17(22)4/h5-13H,1-4H3. The van der Waals surface area contributed by atoms with E-state index in [0.29, 0.717) is 5.56 Å². The first kappa shape index (κ1) is 16.9. The van der Waals surface area contributed by atoms with Crippen molar-refractivity contribution in [2.45, 2.75) is 27.7 Å². The van der Waals surface area contributed by atoms with Gasteiger partial charge < -0.3 is 0 Å². The molecule has 138 valence electrons. The number of aromatic nitrogens is 2. The third-order valence-electron chi connectivity index (χ3n) is 5.64. The van der Waals surface area contributed by atoms with Crippen LogP contribution in [0.25, 0.3) is 38.4 Å². The number of rotatable bonds is 1. The summed E-state index contributed by atoms with van der Waals surface area (Å²) in [6, 6.07) is 14.0. The fraction of sp³-hybridized carbons (Fsp3) is 0.160. The predicted molar refractivity (Wildman–Crippen MR) is 115 cm³/mol. The van der Waals surface area contributed by atoms with E-state index in [1.807, 2.05) is 12.3 Å². The van der Waals surface area contributed by atoms with Crippen LogP contribution in [0.15, 0.2) is 54.9 Å². The fourth-order valence-corrected chi connectivity index (χ4v) is 4.62. The van der Waals surface area contributed by atoms with Gasteiger partial charge in [0.2, 0.25) is 0 Å². The van der Waals surface area contributed by atoms with Crippen LogP contribution < -0.4 is 0 Å². The van der Waals surface area contributed by atoms with Crippen LogP contribution in [-0.4, -0.2) is 9.38 Å². The van der Waals surface area contributed by atoms with E-state index in [9.17, 15) is 0 Å². The van der Waals surface area contributed by atoms with E-state index < -0.39 is 0 Å². The number of hydrogen-bond acceptors (Lipinski definition) is 1. The van der Waals surface area contributed by atoms with Crippen molar-refractivity contribution in [3.05, 3.63) is 82.9 Å². The normalized spacial score (nSPS) is 11.8. The van der Waals surface area contributed by atoms with E-state index in [0.717, 1.165) is 49.6 Å². The van der Waals surface area contributed by atoms with Crippen LogP contribution in [0.2, 0.25) is 0 Å². The van der Waals surface area contributed by atoms with Crippen LogP contribution >= 0.6 is 0 Å². The summed E-state index contributed by atoms with van der Waals surface area (Å²) in [4.78, 5) is 4.58. The highest BCUT2D eigenvalue weighted by Crippen LogP contribution is 2.41. The minimum absolute atomic E-state index is 0.193. The molecule has 3 heteroatoms. The summed E-state index contributed by atoms with van der Waals surface area (Å²) in [7, 11) is 0. The van der Waals surface area contributed by atoms with Crippen molar-refractivity contribution in [2.75, 3.05) is 0 Å². The summed E-state index contributed by atoms with van der Waals surface area (Å²) in [5.41, 5.74) is 8.08. The van der Waals surface area contributed by atoms with E-state index in [1.54, 1.807) is 12.3 Å². The van der Waals surface area contributed by atoms with Crippen molar-refractivity contribution in [1.29, 1.82) is 0 Å². The first-order valence-corrected chi connectivity index (χ1v) is 9.51. The molecule has 0 aliphatic rings. The molecule has 0 atom stereocenters. The van der Waals surface area contributed by atoms with E-state index in [-0.39, 0.29) is 5.82 Å². The van der Waals surface area contributed by atoms with Crippen molar-refractivity contribution in [3.63, 3.8) is 0 Å². The minimum atomic E-state index is -0.193. The molecule has 5 aromatic rings. The lowest BCUT2D eigenvalue weighted by Crippen LogP contribution is -1.98. The average molecular weight is 368 g/mol. The average Bonchev–Trinajstić information content (AvgIpc) is 3.12. The molecule has 0 fully saturated rings. The molecule has 0 aliphatic carbocycles. The number of halogens is 1. The third-order valence-corrected chi connectivity index (χ3v) is 5.64. The molecule has 3 aromatic carbocycles. The number of pyridine rings is 1. The highest BCUT2D eigenvalue weighted by Gasteiger charge is 2.19. The molecule has 0 spiro atoms. The van der Waals surface area contributed by atoms with Crippen LogP contribution in [0.5, 0.6) is 0 Å². The quantitative estimate of drug-likeness (QED) is 0.302. The Morgan fingerprint density at radius 3 is 2.29 bits per heavy atom. The molecule has 0 amide bonds. The van der Waals surface area contributed by atoms with E-state index >= 15 is 4.39 Å². The second-order valence-electron chi connectivity index (χ2n) is 7.76. The molecular weight excluding hydrogens is 347 g/mol. The zero-order valence-electron chi connectivity index (χ0n) is 16.5. The van der Waals surface area contributed by atoms with Crippen LogP contribution in [0.3, 0.4) is 0 Å². The van der Waals surface area contributed by atoms with Crippen molar-refractivity contribution < 1.29 is 4.39 Å². The Kier molecular flexibility index (Phi) is 3.57. The number of imidazole rings is 1. The molecule has 2 aromatic heterocycles. The van der Waals surface area contributed by atoms with Gasteiger partial charge in [-0.2, -0.15) is 0 Å². The van der Waals surface area contributed by atoms with Gasteiger partial charge in [-0.1, -0.05) is 29.3 Å². The monoisotopic (exact) mass is 368 g/mol. The van der Waals surface area contributed by atoms with Gasteiger partial charge in [0.1, 0.15) is 11.5 Å². The third kappa shape index (κ3) is 2.29. The van der Waals surface area contributed by atoms with E-state index in [4.69, 9.17) is 0 Å². The molecule has 0 saturated carbocycles. The lowest BCUT2D eigenvalue weighted by Gasteiger charge is -2.18. The molecule has 5 rings (SSSR count). The Morgan fingerprint density at radius 2 is 1.54 bits per heavy atom. The molecule has 2 nitrogen and oxygen atoms in total. The predicted octanol–water partition coefficient (Wildman–Crippen LogP) is 6.68. The van der Waals surface area contributed by atoms with E-state index in [1.165, 1.54) is 5.56 Å².